The number of alkyl halides is 3. The molecule has 2 N–H and O–H groups in total. The number of piperazine rings is 1. The lowest BCUT2D eigenvalue weighted by Gasteiger charge is -2.27. The molecule has 0 atom stereocenters. The van der Waals surface area contributed by atoms with Crippen molar-refractivity contribution < 1.29 is 32.5 Å². The van der Waals surface area contributed by atoms with Crippen LogP contribution in [0.3, 0.4) is 0 Å². The molecule has 136 valence electrons. The minimum absolute atomic E-state index is 0.806. The fraction of sp³-hybridized carbons (Fsp3) is 0.533. The highest BCUT2D eigenvalue weighted by molar-refractivity contribution is 5.73. The number of halogens is 3. The van der Waals surface area contributed by atoms with E-state index in [1.165, 1.54) is 5.56 Å². The molecular formula is C15H21F3N2O4. The fourth-order valence-electron chi connectivity index (χ4n) is 2.19. The van der Waals surface area contributed by atoms with Crippen LogP contribution in [0, 0.1) is 0 Å². The number of ether oxygens (including phenoxy) is 2. The van der Waals surface area contributed by atoms with Gasteiger partial charge in [0.1, 0.15) is 0 Å². The molecule has 1 aliphatic rings. The van der Waals surface area contributed by atoms with Crippen molar-refractivity contribution in [2.45, 2.75) is 12.7 Å². The van der Waals surface area contributed by atoms with Gasteiger partial charge in [0.05, 0.1) is 14.2 Å². The molecule has 2 rings (SSSR count). The highest BCUT2D eigenvalue weighted by atomic mass is 19.4. The highest BCUT2D eigenvalue weighted by Crippen LogP contribution is 2.31. The van der Waals surface area contributed by atoms with E-state index in [0.717, 1.165) is 44.2 Å². The Bertz CT molecular complexity index is 532. The average molecular weight is 350 g/mol. The lowest BCUT2D eigenvalue weighted by atomic mass is 10.1. The van der Waals surface area contributed by atoms with Crippen LogP contribution in [-0.4, -0.2) is 62.6 Å². The van der Waals surface area contributed by atoms with Gasteiger partial charge in [-0.25, -0.2) is 4.79 Å². The van der Waals surface area contributed by atoms with E-state index >= 15 is 0 Å². The van der Waals surface area contributed by atoms with Crippen molar-refractivity contribution >= 4 is 5.97 Å². The number of carboxylic acids is 1. The number of benzene rings is 1. The summed E-state index contributed by atoms with van der Waals surface area (Å²) in [5.41, 5.74) is 1.19. The predicted molar refractivity (Wildman–Crippen MR) is 81.4 cm³/mol. The number of methoxy groups -OCH3 is 2. The minimum atomic E-state index is -5.08. The fourth-order valence-corrected chi connectivity index (χ4v) is 2.19. The van der Waals surface area contributed by atoms with Crippen LogP contribution in [0.1, 0.15) is 5.56 Å². The largest absolute Gasteiger partial charge is 0.493 e. The molecule has 1 heterocycles. The van der Waals surface area contributed by atoms with Crippen LogP contribution >= 0.6 is 0 Å². The highest BCUT2D eigenvalue weighted by Gasteiger charge is 2.38. The third-order valence-corrected chi connectivity index (χ3v) is 3.33. The predicted octanol–water partition coefficient (Wildman–Crippen LogP) is 1.74. The molecule has 0 aromatic heterocycles. The molecule has 1 aromatic carbocycles. The lowest BCUT2D eigenvalue weighted by Crippen LogP contribution is -2.42. The van der Waals surface area contributed by atoms with Crippen molar-refractivity contribution in [3.8, 4) is 11.5 Å². The molecule has 9 heteroatoms. The van der Waals surface area contributed by atoms with Crippen LogP contribution in [0.15, 0.2) is 18.2 Å². The standard InChI is InChI=1S/C13H20N2O2.C2HF3O2/c1-16-12-5-3-4-11(13(12)17-2)10-15-8-6-14-7-9-15;3-2(4,5)1(6)7/h3-5,14H,6-10H2,1-2H3;(H,6,7). The summed E-state index contributed by atoms with van der Waals surface area (Å²) in [6, 6.07) is 6.04. The number of carbonyl (C=O) groups is 1. The topological polar surface area (TPSA) is 71.0 Å². The Labute approximate surface area is 138 Å². The SMILES string of the molecule is COc1cccc(CN2CCNCC2)c1OC.O=C(O)C(F)(F)F. The normalized spacial score (nSPS) is 15.2. The first kappa shape index (κ1) is 20.0. The molecule has 1 aliphatic heterocycles. The summed E-state index contributed by atoms with van der Waals surface area (Å²) < 4.78 is 42.5. The zero-order valence-electron chi connectivity index (χ0n) is 13.5. The van der Waals surface area contributed by atoms with E-state index in [-0.39, 0.29) is 0 Å². The molecule has 1 aromatic rings. The minimum Gasteiger partial charge on any atom is -0.493 e. The molecule has 24 heavy (non-hydrogen) atoms. The van der Waals surface area contributed by atoms with Gasteiger partial charge < -0.3 is 19.9 Å². The number of carboxylic acid groups (broad SMARTS) is 1. The van der Waals surface area contributed by atoms with Crippen LogP contribution in [0.5, 0.6) is 11.5 Å². The first-order chi connectivity index (χ1) is 11.3. The number of hydrogen-bond acceptors (Lipinski definition) is 5. The van der Waals surface area contributed by atoms with E-state index in [9.17, 15) is 13.2 Å². The van der Waals surface area contributed by atoms with Crippen LogP contribution in [0.2, 0.25) is 0 Å². The molecule has 0 amide bonds. The molecule has 0 radical (unpaired) electrons. The number of nitrogens with one attached hydrogen (secondary N) is 1. The van der Waals surface area contributed by atoms with Gasteiger partial charge in [0.15, 0.2) is 11.5 Å². The molecule has 0 bridgehead atoms. The van der Waals surface area contributed by atoms with Crippen LogP contribution in [-0.2, 0) is 11.3 Å². The van der Waals surface area contributed by atoms with Gasteiger partial charge in [0.2, 0.25) is 0 Å². The molecule has 0 spiro atoms. The second kappa shape index (κ2) is 9.33. The van der Waals surface area contributed by atoms with Gasteiger partial charge in [-0.05, 0) is 6.07 Å². The van der Waals surface area contributed by atoms with Crippen molar-refractivity contribution in [3.63, 3.8) is 0 Å². The third-order valence-electron chi connectivity index (χ3n) is 3.33. The van der Waals surface area contributed by atoms with E-state index in [4.69, 9.17) is 19.4 Å². The van der Waals surface area contributed by atoms with Gasteiger partial charge in [0.25, 0.3) is 0 Å². The first-order valence-electron chi connectivity index (χ1n) is 7.22. The third kappa shape index (κ3) is 6.25. The van der Waals surface area contributed by atoms with Crippen molar-refractivity contribution in [1.29, 1.82) is 0 Å². The lowest BCUT2D eigenvalue weighted by molar-refractivity contribution is -0.192. The molecule has 1 fully saturated rings. The summed E-state index contributed by atoms with van der Waals surface area (Å²) >= 11 is 0. The van der Waals surface area contributed by atoms with Crippen molar-refractivity contribution in [3.05, 3.63) is 23.8 Å². The monoisotopic (exact) mass is 350 g/mol. The number of rotatable bonds is 4. The molecule has 6 nitrogen and oxygen atoms in total. The van der Waals surface area contributed by atoms with Crippen LogP contribution in [0.4, 0.5) is 13.2 Å². The maximum atomic E-state index is 10.6. The van der Waals surface area contributed by atoms with Crippen molar-refractivity contribution in [1.82, 2.24) is 10.2 Å². The molecule has 1 saturated heterocycles. The Morgan fingerprint density at radius 2 is 1.83 bits per heavy atom. The van der Waals surface area contributed by atoms with Crippen molar-refractivity contribution in [2.24, 2.45) is 0 Å². The van der Waals surface area contributed by atoms with Gasteiger partial charge in [-0.3, -0.25) is 4.90 Å². The summed E-state index contributed by atoms with van der Waals surface area (Å²) in [5.74, 6) is -1.10. The number of aliphatic carboxylic acids is 1. The maximum Gasteiger partial charge on any atom is 0.490 e. The van der Waals surface area contributed by atoms with Gasteiger partial charge in [-0.15, -0.1) is 0 Å². The van der Waals surface area contributed by atoms with Crippen LogP contribution in [0.25, 0.3) is 0 Å². The number of nitrogens with zero attached hydrogens (tertiary/aromatic N) is 1. The summed E-state index contributed by atoms with van der Waals surface area (Å²) in [4.78, 5) is 11.3. The Morgan fingerprint density at radius 1 is 1.25 bits per heavy atom. The van der Waals surface area contributed by atoms with Crippen molar-refractivity contribution in [2.75, 3.05) is 40.4 Å². The smallest absolute Gasteiger partial charge is 0.490 e. The van der Waals surface area contributed by atoms with E-state index in [0.29, 0.717) is 0 Å². The summed E-state index contributed by atoms with van der Waals surface area (Å²) in [7, 11) is 3.37. The molecule has 0 saturated carbocycles. The van der Waals surface area contributed by atoms with Gasteiger partial charge in [-0.2, -0.15) is 13.2 Å². The quantitative estimate of drug-likeness (QED) is 0.862. The van der Waals surface area contributed by atoms with Gasteiger partial charge >= 0.3 is 12.1 Å². The average Bonchev–Trinajstić information content (AvgIpc) is 2.55. The zero-order chi connectivity index (χ0) is 18.2. The second-order valence-electron chi connectivity index (χ2n) is 4.98. The zero-order valence-corrected chi connectivity index (χ0v) is 13.5. The molecular weight excluding hydrogens is 329 g/mol. The first-order valence-corrected chi connectivity index (χ1v) is 7.22. The Kier molecular flexibility index (Phi) is 7.80. The van der Waals surface area contributed by atoms with E-state index < -0.39 is 12.1 Å². The van der Waals surface area contributed by atoms with Gasteiger partial charge in [0, 0.05) is 38.3 Å². The second-order valence-corrected chi connectivity index (χ2v) is 4.98. The maximum absolute atomic E-state index is 10.6. The summed E-state index contributed by atoms with van der Waals surface area (Å²) in [5, 5.41) is 10.5. The Hall–Kier alpha value is -2.00. The number of para-hydroxylation sites is 1. The Balaban J connectivity index is 0.000000351. The van der Waals surface area contributed by atoms with Gasteiger partial charge in [-0.1, -0.05) is 12.1 Å². The molecule has 0 aliphatic carbocycles. The molecule has 0 unspecified atom stereocenters. The van der Waals surface area contributed by atoms with E-state index in [2.05, 4.69) is 16.3 Å². The van der Waals surface area contributed by atoms with Crippen LogP contribution < -0.4 is 14.8 Å². The Morgan fingerprint density at radius 3 is 2.29 bits per heavy atom. The van der Waals surface area contributed by atoms with E-state index in [1.807, 2.05) is 12.1 Å². The summed E-state index contributed by atoms with van der Waals surface area (Å²) in [6.07, 6.45) is -5.08. The number of hydrogen-bond donors (Lipinski definition) is 2. The summed E-state index contributed by atoms with van der Waals surface area (Å²) in [6.45, 7) is 5.21. The van der Waals surface area contributed by atoms with E-state index in [1.54, 1.807) is 14.2 Å².